The van der Waals surface area contributed by atoms with Crippen LogP contribution in [-0.4, -0.2) is 14.6 Å². The molecule has 9 aromatic rings. The molecular weight excluding hydrogens is 531 g/mol. The Morgan fingerprint density at radius 2 is 1.05 bits per heavy atom. The maximum atomic E-state index is 4.70. The molecule has 0 saturated carbocycles. The summed E-state index contributed by atoms with van der Waals surface area (Å²) in [6.07, 6.45) is 0. The fourth-order valence-electron chi connectivity index (χ4n) is 6.41. The second-order valence-electron chi connectivity index (χ2n) is 10.6. The Labute approximate surface area is 245 Å². The van der Waals surface area contributed by atoms with E-state index in [1.54, 1.807) is 0 Å². The van der Waals surface area contributed by atoms with Crippen LogP contribution in [0.25, 0.3) is 81.1 Å². The predicted molar refractivity (Wildman–Crippen MR) is 177 cm³/mol. The first kappa shape index (κ1) is 23.4. The molecule has 3 heterocycles. The fraction of sp³-hybridized carbons (Fsp3) is 0. The molecule has 0 unspecified atom stereocenters. The lowest BCUT2D eigenvalue weighted by Crippen LogP contribution is -1.94. The number of rotatable bonds is 3. The zero-order valence-corrected chi connectivity index (χ0v) is 23.3. The molecule has 42 heavy (non-hydrogen) atoms. The van der Waals surface area contributed by atoms with E-state index < -0.39 is 0 Å². The first-order valence-corrected chi connectivity index (χ1v) is 14.9. The zero-order valence-electron chi connectivity index (χ0n) is 22.5. The molecule has 0 amide bonds. The van der Waals surface area contributed by atoms with Crippen LogP contribution in [0, 0.1) is 0 Å². The molecule has 0 N–H and O–H groups in total. The third kappa shape index (κ3) is 3.39. The second-order valence-corrected chi connectivity index (χ2v) is 11.7. The van der Waals surface area contributed by atoms with Gasteiger partial charge in [0, 0.05) is 42.1 Å². The highest BCUT2D eigenvalue weighted by molar-refractivity contribution is 7.26. The molecule has 0 aliphatic carbocycles. The Balaban J connectivity index is 1.20. The fourth-order valence-corrected chi connectivity index (χ4v) is 7.64. The minimum atomic E-state index is 0.849. The van der Waals surface area contributed by atoms with E-state index in [9.17, 15) is 0 Å². The van der Waals surface area contributed by atoms with Gasteiger partial charge in [0.1, 0.15) is 0 Å². The van der Waals surface area contributed by atoms with Crippen LogP contribution in [0.1, 0.15) is 0 Å². The van der Waals surface area contributed by atoms with Gasteiger partial charge in [0.25, 0.3) is 0 Å². The molecule has 0 fully saturated rings. The first-order chi connectivity index (χ1) is 20.8. The third-order valence-electron chi connectivity index (χ3n) is 8.34. The molecule has 0 spiro atoms. The van der Waals surface area contributed by atoms with Crippen molar-refractivity contribution in [1.82, 2.24) is 14.6 Å². The van der Waals surface area contributed by atoms with Crippen LogP contribution in [0.4, 0.5) is 0 Å². The molecule has 0 radical (unpaired) electrons. The Hall–Kier alpha value is -5.32. The topological polar surface area (TPSA) is 30.2 Å². The number of hydrogen-bond donors (Lipinski definition) is 0. The van der Waals surface area contributed by atoms with Gasteiger partial charge in [-0.3, -0.25) is 4.40 Å². The smallest absolute Gasteiger partial charge is 0.169 e. The number of para-hydroxylation sites is 1. The molecule has 3 nitrogen and oxygen atoms in total. The van der Waals surface area contributed by atoms with Gasteiger partial charge in [0.2, 0.25) is 0 Å². The van der Waals surface area contributed by atoms with Crippen LogP contribution >= 0.6 is 11.3 Å². The molecule has 196 valence electrons. The van der Waals surface area contributed by atoms with Gasteiger partial charge in [-0.1, -0.05) is 127 Å². The molecule has 6 aromatic carbocycles. The minimum absolute atomic E-state index is 0.849. The molecule has 0 bridgehead atoms. The molecule has 9 rings (SSSR count). The lowest BCUT2D eigenvalue weighted by atomic mass is 9.93. The average Bonchev–Trinajstić information content (AvgIpc) is 3.68. The quantitative estimate of drug-likeness (QED) is 0.204. The van der Waals surface area contributed by atoms with E-state index in [2.05, 4.69) is 149 Å². The Morgan fingerprint density at radius 1 is 0.429 bits per heavy atom. The SMILES string of the molecule is c1ccc(-c2cccc3c2sc2ccccc23)c(-c2ccc(-c3nnc4c5ccccc5c5ccccc5n34)cc2)c1. The largest absolute Gasteiger partial charge is 0.274 e. The van der Waals surface area contributed by atoms with E-state index in [1.807, 2.05) is 11.3 Å². The molecule has 4 heteroatoms. The van der Waals surface area contributed by atoms with Gasteiger partial charge in [-0.25, -0.2) is 0 Å². The highest BCUT2D eigenvalue weighted by Gasteiger charge is 2.17. The van der Waals surface area contributed by atoms with Gasteiger partial charge < -0.3 is 0 Å². The van der Waals surface area contributed by atoms with Crippen molar-refractivity contribution >= 4 is 58.8 Å². The standard InChI is InChI=1S/C38H23N3S/c1-2-11-27(31-16-9-17-32-30-14-6-8-19-35(30)42-36(31)32)26(10-1)24-20-22-25(23-21-24)37-39-40-38-33-15-4-3-12-28(33)29-13-5-7-18-34(29)41(37)38/h1-23H. The maximum Gasteiger partial charge on any atom is 0.169 e. The van der Waals surface area contributed by atoms with Gasteiger partial charge in [-0.15, -0.1) is 21.5 Å². The summed E-state index contributed by atoms with van der Waals surface area (Å²) in [6, 6.07) is 49.8. The number of pyridine rings is 1. The summed E-state index contributed by atoms with van der Waals surface area (Å²) in [5.74, 6) is 0.849. The second kappa shape index (κ2) is 9.10. The van der Waals surface area contributed by atoms with Gasteiger partial charge in [-0.2, -0.15) is 0 Å². The lowest BCUT2D eigenvalue weighted by molar-refractivity contribution is 1.12. The van der Waals surface area contributed by atoms with Gasteiger partial charge >= 0.3 is 0 Å². The van der Waals surface area contributed by atoms with Crippen LogP contribution < -0.4 is 0 Å². The van der Waals surface area contributed by atoms with Crippen LogP contribution in [0.5, 0.6) is 0 Å². The van der Waals surface area contributed by atoms with Gasteiger partial charge in [0.05, 0.1) is 5.52 Å². The van der Waals surface area contributed by atoms with E-state index in [0.29, 0.717) is 0 Å². The van der Waals surface area contributed by atoms with Crippen molar-refractivity contribution in [2.75, 3.05) is 0 Å². The van der Waals surface area contributed by atoms with Crippen molar-refractivity contribution in [2.45, 2.75) is 0 Å². The number of hydrogen-bond acceptors (Lipinski definition) is 3. The highest BCUT2D eigenvalue weighted by atomic mass is 32.1. The molecule has 0 aliphatic heterocycles. The Kier molecular flexibility index (Phi) is 5.07. The van der Waals surface area contributed by atoms with Gasteiger partial charge in [-0.05, 0) is 34.2 Å². The zero-order chi connectivity index (χ0) is 27.6. The van der Waals surface area contributed by atoms with E-state index in [1.165, 1.54) is 53.2 Å². The van der Waals surface area contributed by atoms with Crippen molar-refractivity contribution in [1.29, 1.82) is 0 Å². The van der Waals surface area contributed by atoms with E-state index in [-0.39, 0.29) is 0 Å². The van der Waals surface area contributed by atoms with Crippen molar-refractivity contribution in [2.24, 2.45) is 0 Å². The summed E-state index contributed by atoms with van der Waals surface area (Å²) in [5, 5.41) is 15.5. The number of nitrogens with zero attached hydrogens (tertiary/aromatic N) is 3. The Bertz CT molecular complexity index is 2470. The minimum Gasteiger partial charge on any atom is -0.274 e. The van der Waals surface area contributed by atoms with Crippen LogP contribution in [0.15, 0.2) is 140 Å². The molecular formula is C38H23N3S. The number of aromatic nitrogens is 3. The van der Waals surface area contributed by atoms with Crippen molar-refractivity contribution < 1.29 is 0 Å². The molecule has 0 aliphatic rings. The number of fused-ring (bicyclic) bond motifs is 9. The molecule has 0 atom stereocenters. The van der Waals surface area contributed by atoms with Crippen LogP contribution in [0.3, 0.4) is 0 Å². The van der Waals surface area contributed by atoms with Gasteiger partial charge in [0.15, 0.2) is 11.5 Å². The van der Waals surface area contributed by atoms with E-state index in [4.69, 9.17) is 5.10 Å². The summed E-state index contributed by atoms with van der Waals surface area (Å²) in [7, 11) is 0. The predicted octanol–water partition coefficient (Wildman–Crippen LogP) is 10.4. The van der Waals surface area contributed by atoms with Crippen LogP contribution in [0.2, 0.25) is 0 Å². The maximum absolute atomic E-state index is 4.70. The van der Waals surface area contributed by atoms with Crippen LogP contribution in [-0.2, 0) is 0 Å². The molecule has 0 saturated heterocycles. The lowest BCUT2D eigenvalue weighted by Gasteiger charge is -2.12. The first-order valence-electron chi connectivity index (χ1n) is 14.1. The summed E-state index contributed by atoms with van der Waals surface area (Å²) in [6.45, 7) is 0. The summed E-state index contributed by atoms with van der Waals surface area (Å²) in [5.41, 5.74) is 7.94. The summed E-state index contributed by atoms with van der Waals surface area (Å²) in [4.78, 5) is 0. The molecule has 3 aromatic heterocycles. The van der Waals surface area contributed by atoms with Crippen molar-refractivity contribution in [3.8, 4) is 33.6 Å². The monoisotopic (exact) mass is 553 g/mol. The van der Waals surface area contributed by atoms with Crippen molar-refractivity contribution in [3.05, 3.63) is 140 Å². The average molecular weight is 554 g/mol. The summed E-state index contributed by atoms with van der Waals surface area (Å²) >= 11 is 1.87. The van der Waals surface area contributed by atoms with E-state index >= 15 is 0 Å². The normalized spacial score (nSPS) is 11.8. The number of benzene rings is 6. The number of thiophene rings is 1. The van der Waals surface area contributed by atoms with E-state index in [0.717, 1.165) is 27.9 Å². The Morgan fingerprint density at radius 3 is 1.90 bits per heavy atom. The third-order valence-corrected chi connectivity index (χ3v) is 9.56. The summed E-state index contributed by atoms with van der Waals surface area (Å²) < 4.78 is 4.85. The highest BCUT2D eigenvalue weighted by Crippen LogP contribution is 2.43. The van der Waals surface area contributed by atoms with Crippen molar-refractivity contribution in [3.63, 3.8) is 0 Å².